The Bertz CT molecular complexity index is 799. The molecule has 0 radical (unpaired) electrons. The number of nitrogens with one attached hydrogen (secondary N) is 1. The zero-order valence-corrected chi connectivity index (χ0v) is 11.4. The minimum atomic E-state index is 0.226. The van der Waals surface area contributed by atoms with E-state index in [2.05, 4.69) is 20.7 Å². The van der Waals surface area contributed by atoms with E-state index < -0.39 is 0 Å². The Kier molecular flexibility index (Phi) is 2.56. The van der Waals surface area contributed by atoms with Gasteiger partial charge in [-0.05, 0) is 42.2 Å². The first-order chi connectivity index (χ1) is 9.81. The van der Waals surface area contributed by atoms with Crippen molar-refractivity contribution in [3.63, 3.8) is 0 Å². The van der Waals surface area contributed by atoms with E-state index in [1.165, 1.54) is 16.9 Å². The number of phenols is 1. The van der Waals surface area contributed by atoms with E-state index in [4.69, 9.17) is 0 Å². The molecule has 3 aromatic rings. The number of aromatic nitrogens is 3. The number of aromatic hydroxyl groups is 1. The molecule has 2 aromatic heterocycles. The molecule has 4 rings (SSSR count). The van der Waals surface area contributed by atoms with Crippen LogP contribution < -0.4 is 5.32 Å². The molecule has 0 bridgehead atoms. The third kappa shape index (κ3) is 1.80. The zero-order chi connectivity index (χ0) is 13.5. The van der Waals surface area contributed by atoms with E-state index in [1.54, 1.807) is 29.5 Å². The van der Waals surface area contributed by atoms with Crippen molar-refractivity contribution in [3.8, 4) is 5.75 Å². The number of rotatable bonds is 2. The van der Waals surface area contributed by atoms with Gasteiger partial charge in [0.1, 0.15) is 5.75 Å². The van der Waals surface area contributed by atoms with Crippen LogP contribution in [-0.2, 0) is 12.8 Å². The van der Waals surface area contributed by atoms with Crippen molar-refractivity contribution in [2.45, 2.75) is 19.3 Å². The zero-order valence-electron chi connectivity index (χ0n) is 10.6. The first-order valence-corrected chi connectivity index (χ1v) is 7.32. The van der Waals surface area contributed by atoms with Gasteiger partial charge in [0.2, 0.25) is 0 Å². The second kappa shape index (κ2) is 4.42. The van der Waals surface area contributed by atoms with Gasteiger partial charge in [0.15, 0.2) is 10.6 Å². The Morgan fingerprint density at radius 1 is 1.20 bits per heavy atom. The average molecular weight is 284 g/mol. The van der Waals surface area contributed by atoms with E-state index in [0.29, 0.717) is 0 Å². The fourth-order valence-electron chi connectivity index (χ4n) is 2.67. The molecule has 0 saturated carbocycles. The van der Waals surface area contributed by atoms with Crippen molar-refractivity contribution < 1.29 is 5.11 Å². The molecule has 0 fully saturated rings. The molecular formula is C14H12N4OS. The topological polar surface area (TPSA) is 70.9 Å². The lowest BCUT2D eigenvalue weighted by Crippen LogP contribution is -1.98. The molecule has 1 aromatic carbocycles. The van der Waals surface area contributed by atoms with Gasteiger partial charge < -0.3 is 10.4 Å². The lowest BCUT2D eigenvalue weighted by atomic mass is 10.2. The molecule has 0 saturated heterocycles. The van der Waals surface area contributed by atoms with Crippen LogP contribution in [0.4, 0.5) is 11.5 Å². The number of hydrogen-bond donors (Lipinski definition) is 2. The van der Waals surface area contributed by atoms with E-state index in [9.17, 15) is 5.11 Å². The van der Waals surface area contributed by atoms with Gasteiger partial charge in [-0.3, -0.25) is 0 Å². The Labute approximate surface area is 119 Å². The second-order valence-corrected chi connectivity index (χ2v) is 5.93. The predicted molar refractivity (Wildman–Crippen MR) is 78.6 cm³/mol. The van der Waals surface area contributed by atoms with Crippen LogP contribution in [0.5, 0.6) is 5.75 Å². The fraction of sp³-hybridized carbons (Fsp3) is 0.214. The molecular weight excluding hydrogens is 272 g/mol. The third-order valence-corrected chi connectivity index (χ3v) is 4.70. The lowest BCUT2D eigenvalue weighted by Gasteiger charge is -2.06. The predicted octanol–water partition coefficient (Wildman–Crippen LogP) is 3.02. The Hall–Kier alpha value is -2.21. The molecule has 20 heavy (non-hydrogen) atoms. The minimum absolute atomic E-state index is 0.226. The quantitative estimate of drug-likeness (QED) is 0.757. The number of phenolic OH excluding ortho intramolecular Hbond substituents is 1. The first kappa shape index (κ1) is 11.6. The molecule has 0 spiro atoms. The molecule has 0 aliphatic heterocycles. The normalized spacial score (nSPS) is 13.6. The maximum atomic E-state index is 9.53. The molecule has 0 amide bonds. The van der Waals surface area contributed by atoms with Gasteiger partial charge in [-0.1, -0.05) is 6.07 Å². The van der Waals surface area contributed by atoms with E-state index in [1.807, 2.05) is 6.07 Å². The van der Waals surface area contributed by atoms with Crippen LogP contribution in [0.15, 0.2) is 24.3 Å². The molecule has 1 aliphatic rings. The van der Waals surface area contributed by atoms with Crippen molar-refractivity contribution in [2.75, 3.05) is 5.32 Å². The smallest absolute Gasteiger partial charge is 0.165 e. The van der Waals surface area contributed by atoms with Crippen molar-refractivity contribution in [1.82, 2.24) is 15.4 Å². The molecule has 2 heterocycles. The lowest BCUT2D eigenvalue weighted by molar-refractivity contribution is 0.475. The number of aryl methyl sites for hydroxylation is 2. The summed E-state index contributed by atoms with van der Waals surface area (Å²) in [6.07, 6.45) is 3.41. The number of fused-ring (bicyclic) bond motifs is 3. The maximum absolute atomic E-state index is 9.53. The summed E-state index contributed by atoms with van der Waals surface area (Å²) < 4.78 is 0. The van der Waals surface area contributed by atoms with Gasteiger partial charge in [-0.15, -0.1) is 21.5 Å². The summed E-state index contributed by atoms with van der Waals surface area (Å²) in [5, 5.41) is 26.0. The summed E-state index contributed by atoms with van der Waals surface area (Å²) in [5.41, 5.74) is 2.15. The van der Waals surface area contributed by atoms with Crippen LogP contribution in [0, 0.1) is 0 Å². The summed E-state index contributed by atoms with van der Waals surface area (Å²) in [6, 6.07) is 6.99. The Balaban J connectivity index is 1.83. The third-order valence-electron chi connectivity index (χ3n) is 3.53. The molecule has 0 atom stereocenters. The molecule has 5 nitrogen and oxygen atoms in total. The highest BCUT2D eigenvalue weighted by atomic mass is 32.1. The van der Waals surface area contributed by atoms with Gasteiger partial charge in [-0.2, -0.15) is 0 Å². The molecule has 2 N–H and O–H groups in total. The van der Waals surface area contributed by atoms with Crippen LogP contribution in [0.25, 0.3) is 10.2 Å². The van der Waals surface area contributed by atoms with E-state index >= 15 is 0 Å². The summed E-state index contributed by atoms with van der Waals surface area (Å²) in [7, 11) is 0. The largest absolute Gasteiger partial charge is 0.508 e. The number of benzene rings is 1. The number of hydrogen-bond acceptors (Lipinski definition) is 6. The van der Waals surface area contributed by atoms with Gasteiger partial charge in [0, 0.05) is 16.6 Å². The van der Waals surface area contributed by atoms with Crippen molar-refractivity contribution in [2.24, 2.45) is 0 Å². The Morgan fingerprint density at radius 2 is 2.15 bits per heavy atom. The monoisotopic (exact) mass is 284 g/mol. The number of anilines is 2. The maximum Gasteiger partial charge on any atom is 0.165 e. The van der Waals surface area contributed by atoms with Crippen molar-refractivity contribution in [1.29, 1.82) is 0 Å². The van der Waals surface area contributed by atoms with Crippen molar-refractivity contribution >= 4 is 33.1 Å². The first-order valence-electron chi connectivity index (χ1n) is 6.51. The summed E-state index contributed by atoms with van der Waals surface area (Å²) in [4.78, 5) is 2.34. The van der Waals surface area contributed by atoms with Crippen LogP contribution in [0.1, 0.15) is 16.9 Å². The molecule has 1 aliphatic carbocycles. The minimum Gasteiger partial charge on any atom is -0.508 e. The van der Waals surface area contributed by atoms with Crippen LogP contribution in [0.2, 0.25) is 0 Å². The highest BCUT2D eigenvalue weighted by Crippen LogP contribution is 2.39. The van der Waals surface area contributed by atoms with Crippen molar-refractivity contribution in [3.05, 3.63) is 34.7 Å². The SMILES string of the molecule is Oc1cccc(Nc2nnnc3sc4c(c23)CCC4)c1. The van der Waals surface area contributed by atoms with Crippen LogP contribution in [0.3, 0.4) is 0 Å². The van der Waals surface area contributed by atoms with Crippen LogP contribution >= 0.6 is 11.3 Å². The highest BCUT2D eigenvalue weighted by Gasteiger charge is 2.21. The average Bonchev–Trinajstić information content (AvgIpc) is 2.99. The molecule has 6 heteroatoms. The fourth-order valence-corrected chi connectivity index (χ4v) is 3.88. The summed E-state index contributed by atoms with van der Waals surface area (Å²) in [6.45, 7) is 0. The number of nitrogens with zero attached hydrogens (tertiary/aromatic N) is 3. The molecule has 0 unspecified atom stereocenters. The summed E-state index contributed by atoms with van der Waals surface area (Å²) >= 11 is 1.71. The van der Waals surface area contributed by atoms with Gasteiger partial charge in [0.05, 0.1) is 5.39 Å². The second-order valence-electron chi connectivity index (χ2n) is 4.85. The van der Waals surface area contributed by atoms with Crippen LogP contribution in [-0.4, -0.2) is 20.5 Å². The highest BCUT2D eigenvalue weighted by molar-refractivity contribution is 7.19. The molecule has 100 valence electrons. The number of thiophene rings is 1. The standard InChI is InChI=1S/C14H12N4OS/c19-9-4-1-3-8(7-9)15-13-12-10-5-2-6-11(10)20-14(12)17-18-16-13/h1,3-4,7,19H,2,5-6H2,(H,15,16,17). The van der Waals surface area contributed by atoms with Gasteiger partial charge >= 0.3 is 0 Å². The van der Waals surface area contributed by atoms with E-state index in [0.717, 1.165) is 34.6 Å². The Morgan fingerprint density at radius 3 is 3.05 bits per heavy atom. The van der Waals surface area contributed by atoms with Gasteiger partial charge in [0.25, 0.3) is 0 Å². The summed E-state index contributed by atoms with van der Waals surface area (Å²) in [5.74, 6) is 0.948. The van der Waals surface area contributed by atoms with Gasteiger partial charge in [-0.25, -0.2) is 0 Å². The van der Waals surface area contributed by atoms with E-state index in [-0.39, 0.29) is 5.75 Å².